The monoisotopic (exact) mass is 362 g/mol. The number of ketones is 1. The zero-order chi connectivity index (χ0) is 18.9. The van der Waals surface area contributed by atoms with Crippen molar-refractivity contribution >= 4 is 17.2 Å². The van der Waals surface area contributed by atoms with Gasteiger partial charge in [0.1, 0.15) is 0 Å². The standard InChI is InChI=1S/C23H26N2O2/c1-23(2)16-18-14-19(25-10-12-27-13-11-25)8-9-20(18)21(24-23)15-22(26)17-6-4-3-5-7-17/h3-9,14-15,24H,10-13,16H2,1-2H3/b21-15-. The number of fused-ring (bicyclic) bond motifs is 1. The van der Waals surface area contributed by atoms with Crippen LogP contribution in [0.25, 0.3) is 5.70 Å². The van der Waals surface area contributed by atoms with Crippen molar-refractivity contribution in [3.8, 4) is 0 Å². The van der Waals surface area contributed by atoms with Crippen LogP contribution in [0.5, 0.6) is 0 Å². The molecule has 2 aliphatic heterocycles. The number of nitrogens with one attached hydrogen (secondary N) is 1. The molecule has 0 atom stereocenters. The first-order valence-electron chi connectivity index (χ1n) is 9.57. The highest BCUT2D eigenvalue weighted by molar-refractivity contribution is 6.08. The second-order valence-corrected chi connectivity index (χ2v) is 7.91. The Morgan fingerprint density at radius 3 is 2.59 bits per heavy atom. The molecule has 1 saturated heterocycles. The molecule has 4 nitrogen and oxygen atoms in total. The lowest BCUT2D eigenvalue weighted by Gasteiger charge is -2.37. The van der Waals surface area contributed by atoms with Gasteiger partial charge in [0.05, 0.1) is 13.2 Å². The average Bonchev–Trinajstić information content (AvgIpc) is 2.68. The number of benzene rings is 2. The molecular formula is C23H26N2O2. The fourth-order valence-electron chi connectivity index (χ4n) is 3.89. The fraction of sp³-hybridized carbons (Fsp3) is 0.348. The average molecular weight is 362 g/mol. The molecule has 2 aromatic rings. The van der Waals surface area contributed by atoms with Gasteiger partial charge in [-0.1, -0.05) is 36.4 Å². The number of rotatable bonds is 3. The van der Waals surface area contributed by atoms with Crippen molar-refractivity contribution in [3.63, 3.8) is 0 Å². The van der Waals surface area contributed by atoms with Crippen LogP contribution in [0.4, 0.5) is 5.69 Å². The Morgan fingerprint density at radius 2 is 1.85 bits per heavy atom. The van der Waals surface area contributed by atoms with Gasteiger partial charge in [-0.3, -0.25) is 4.79 Å². The lowest BCUT2D eigenvalue weighted by molar-refractivity contribution is 0.104. The molecule has 0 aromatic heterocycles. The highest BCUT2D eigenvalue weighted by Gasteiger charge is 2.28. The van der Waals surface area contributed by atoms with Crippen molar-refractivity contribution in [1.82, 2.24) is 5.32 Å². The molecule has 4 heteroatoms. The van der Waals surface area contributed by atoms with Gasteiger partial charge in [0, 0.05) is 47.2 Å². The molecule has 140 valence electrons. The maximum Gasteiger partial charge on any atom is 0.187 e. The van der Waals surface area contributed by atoms with E-state index in [9.17, 15) is 4.79 Å². The summed E-state index contributed by atoms with van der Waals surface area (Å²) in [5.41, 5.74) is 5.17. The smallest absolute Gasteiger partial charge is 0.187 e. The number of ether oxygens (including phenoxy) is 1. The van der Waals surface area contributed by atoms with E-state index >= 15 is 0 Å². The highest BCUT2D eigenvalue weighted by atomic mass is 16.5. The first-order valence-corrected chi connectivity index (χ1v) is 9.57. The molecule has 2 heterocycles. The maximum atomic E-state index is 12.7. The van der Waals surface area contributed by atoms with Crippen molar-refractivity contribution < 1.29 is 9.53 Å². The minimum absolute atomic E-state index is 0.0269. The molecule has 2 aromatic carbocycles. The van der Waals surface area contributed by atoms with E-state index in [1.807, 2.05) is 30.3 Å². The minimum Gasteiger partial charge on any atom is -0.379 e. The Kier molecular flexibility index (Phi) is 4.75. The number of hydrogen-bond donors (Lipinski definition) is 1. The SMILES string of the molecule is CC1(C)Cc2cc(N3CCOCC3)ccc2/C(=C/C(=O)c2ccccc2)N1. The summed E-state index contributed by atoms with van der Waals surface area (Å²) < 4.78 is 5.47. The van der Waals surface area contributed by atoms with Crippen molar-refractivity contribution in [2.75, 3.05) is 31.2 Å². The highest BCUT2D eigenvalue weighted by Crippen LogP contribution is 2.33. The van der Waals surface area contributed by atoms with Crippen molar-refractivity contribution in [2.24, 2.45) is 0 Å². The molecule has 4 rings (SSSR count). The van der Waals surface area contributed by atoms with Crippen LogP contribution in [0, 0.1) is 0 Å². The molecule has 0 amide bonds. The number of nitrogens with zero attached hydrogens (tertiary/aromatic N) is 1. The van der Waals surface area contributed by atoms with Gasteiger partial charge in [0.25, 0.3) is 0 Å². The summed E-state index contributed by atoms with van der Waals surface area (Å²) in [5.74, 6) is 0.0269. The fourth-order valence-corrected chi connectivity index (χ4v) is 3.89. The first-order chi connectivity index (χ1) is 13.0. The van der Waals surface area contributed by atoms with Gasteiger partial charge in [-0.05, 0) is 38.0 Å². The van der Waals surface area contributed by atoms with Crippen LogP contribution in [0.1, 0.15) is 35.3 Å². The third-order valence-corrected chi connectivity index (χ3v) is 5.19. The summed E-state index contributed by atoms with van der Waals surface area (Å²) >= 11 is 0. The number of allylic oxidation sites excluding steroid dienone is 1. The zero-order valence-electron chi connectivity index (χ0n) is 16.0. The van der Waals surface area contributed by atoms with Gasteiger partial charge in [-0.2, -0.15) is 0 Å². The molecule has 2 aliphatic rings. The Labute approximate surface area is 160 Å². The molecule has 1 N–H and O–H groups in total. The normalized spacial score (nSPS) is 20.1. The third-order valence-electron chi connectivity index (χ3n) is 5.19. The molecule has 0 aliphatic carbocycles. The third kappa shape index (κ3) is 3.91. The summed E-state index contributed by atoms with van der Waals surface area (Å²) in [6, 6.07) is 16.0. The van der Waals surface area contributed by atoms with Crippen LogP contribution in [-0.2, 0) is 11.2 Å². The predicted molar refractivity (Wildman–Crippen MR) is 109 cm³/mol. The molecule has 0 unspecified atom stereocenters. The molecule has 0 bridgehead atoms. The van der Waals surface area contributed by atoms with Crippen LogP contribution >= 0.6 is 0 Å². The molecule has 0 radical (unpaired) electrons. The van der Waals surface area contributed by atoms with E-state index < -0.39 is 0 Å². The van der Waals surface area contributed by atoms with E-state index in [2.05, 4.69) is 42.3 Å². The van der Waals surface area contributed by atoms with Crippen LogP contribution in [0.2, 0.25) is 0 Å². The van der Waals surface area contributed by atoms with Gasteiger partial charge in [0.2, 0.25) is 0 Å². The summed E-state index contributed by atoms with van der Waals surface area (Å²) in [7, 11) is 0. The van der Waals surface area contributed by atoms with Gasteiger partial charge >= 0.3 is 0 Å². The van der Waals surface area contributed by atoms with Crippen LogP contribution in [-0.4, -0.2) is 37.6 Å². The van der Waals surface area contributed by atoms with Crippen molar-refractivity contribution in [2.45, 2.75) is 25.8 Å². The van der Waals surface area contributed by atoms with Crippen LogP contribution in [0.15, 0.2) is 54.6 Å². The van der Waals surface area contributed by atoms with E-state index in [1.54, 1.807) is 6.08 Å². The van der Waals surface area contributed by atoms with Gasteiger partial charge in [-0.15, -0.1) is 0 Å². The molecule has 1 fully saturated rings. The Bertz CT molecular complexity index is 865. The van der Waals surface area contributed by atoms with Crippen LogP contribution < -0.4 is 10.2 Å². The quantitative estimate of drug-likeness (QED) is 0.668. The number of carbonyl (C=O) groups excluding carboxylic acids is 1. The molecular weight excluding hydrogens is 336 g/mol. The van der Waals surface area contributed by atoms with E-state index in [0.717, 1.165) is 44.0 Å². The largest absolute Gasteiger partial charge is 0.379 e. The van der Waals surface area contributed by atoms with Crippen LogP contribution in [0.3, 0.4) is 0 Å². The Balaban J connectivity index is 1.69. The summed E-state index contributed by atoms with van der Waals surface area (Å²) in [6.07, 6.45) is 2.67. The van der Waals surface area contributed by atoms with E-state index in [4.69, 9.17) is 4.74 Å². The lowest BCUT2D eigenvalue weighted by atomic mass is 9.85. The summed E-state index contributed by atoms with van der Waals surface area (Å²) in [4.78, 5) is 15.1. The van der Waals surface area contributed by atoms with Gasteiger partial charge in [0.15, 0.2) is 5.78 Å². The topological polar surface area (TPSA) is 41.6 Å². The Hall–Kier alpha value is -2.59. The summed E-state index contributed by atoms with van der Waals surface area (Å²) in [6.45, 7) is 7.77. The molecule has 0 spiro atoms. The number of hydrogen-bond acceptors (Lipinski definition) is 4. The zero-order valence-corrected chi connectivity index (χ0v) is 16.0. The van der Waals surface area contributed by atoms with Crippen molar-refractivity contribution in [3.05, 3.63) is 71.3 Å². The van der Waals surface area contributed by atoms with E-state index in [0.29, 0.717) is 5.56 Å². The number of carbonyl (C=O) groups is 1. The van der Waals surface area contributed by atoms with Crippen molar-refractivity contribution in [1.29, 1.82) is 0 Å². The number of morpholine rings is 1. The molecule has 0 saturated carbocycles. The second kappa shape index (κ2) is 7.20. The summed E-state index contributed by atoms with van der Waals surface area (Å²) in [5, 5.41) is 3.56. The van der Waals surface area contributed by atoms with Gasteiger partial charge < -0.3 is 15.0 Å². The predicted octanol–water partition coefficient (Wildman–Crippen LogP) is 3.67. The van der Waals surface area contributed by atoms with E-state index in [-0.39, 0.29) is 11.3 Å². The lowest BCUT2D eigenvalue weighted by Crippen LogP contribution is -2.44. The second-order valence-electron chi connectivity index (χ2n) is 7.91. The van der Waals surface area contributed by atoms with E-state index in [1.165, 1.54) is 11.3 Å². The Morgan fingerprint density at radius 1 is 1.11 bits per heavy atom. The first kappa shape index (κ1) is 17.8. The van der Waals surface area contributed by atoms with Gasteiger partial charge in [-0.25, -0.2) is 0 Å². The minimum atomic E-state index is -0.0978. The number of anilines is 1. The molecule has 27 heavy (non-hydrogen) atoms. The maximum absolute atomic E-state index is 12.7.